The molecule has 3 aromatic rings. The first-order chi connectivity index (χ1) is 15.7. The van der Waals surface area contributed by atoms with Crippen molar-refractivity contribution >= 4 is 16.9 Å². The molecule has 7 nitrogen and oxygen atoms in total. The second kappa shape index (κ2) is 7.90. The van der Waals surface area contributed by atoms with Crippen molar-refractivity contribution in [1.29, 1.82) is 0 Å². The number of carbonyl (C=O) groups excluding carboxylic acids is 1. The molecule has 0 aliphatic carbocycles. The van der Waals surface area contributed by atoms with Crippen molar-refractivity contribution in [3.8, 4) is 5.75 Å². The van der Waals surface area contributed by atoms with Crippen LogP contribution in [0.15, 0.2) is 44.3 Å². The minimum absolute atomic E-state index is 0.0301. The molecule has 2 aliphatic rings. The van der Waals surface area contributed by atoms with Crippen LogP contribution in [0.25, 0.3) is 11.0 Å². The molecule has 33 heavy (non-hydrogen) atoms. The number of hydrogen-bond acceptors (Lipinski definition) is 5. The molecule has 0 N–H and O–H groups in total. The van der Waals surface area contributed by atoms with Crippen molar-refractivity contribution in [2.75, 3.05) is 13.1 Å². The van der Waals surface area contributed by atoms with E-state index in [0.717, 1.165) is 23.1 Å². The largest absolute Gasteiger partial charge is 0.480 e. The number of piperidine rings is 1. The first-order valence-electron chi connectivity index (χ1n) is 11.4. The highest BCUT2D eigenvalue weighted by Crippen LogP contribution is 2.35. The second-order valence-corrected chi connectivity index (χ2v) is 9.41. The number of aryl methyl sites for hydroxylation is 2. The smallest absolute Gasteiger partial charge is 0.339 e. The van der Waals surface area contributed by atoms with Gasteiger partial charge in [-0.25, -0.2) is 4.79 Å². The Morgan fingerprint density at radius 2 is 1.82 bits per heavy atom. The van der Waals surface area contributed by atoms with Gasteiger partial charge in [-0.05, 0) is 63.8 Å². The normalized spacial score (nSPS) is 20.4. The van der Waals surface area contributed by atoms with Crippen molar-refractivity contribution in [3.63, 3.8) is 0 Å². The molecule has 2 bridgehead atoms. The Labute approximate surface area is 191 Å². The number of benzene rings is 1. The Kier molecular flexibility index (Phi) is 5.15. The lowest BCUT2D eigenvalue weighted by Gasteiger charge is -2.43. The maximum atomic E-state index is 13.3. The summed E-state index contributed by atoms with van der Waals surface area (Å²) < 4.78 is 13.5. The predicted molar refractivity (Wildman–Crippen MR) is 125 cm³/mol. The fraction of sp³-hybridized carbons (Fsp3) is 0.423. The van der Waals surface area contributed by atoms with E-state index in [9.17, 15) is 14.4 Å². The topological polar surface area (TPSA) is 81.8 Å². The van der Waals surface area contributed by atoms with Crippen LogP contribution >= 0.6 is 0 Å². The van der Waals surface area contributed by atoms with E-state index in [2.05, 4.69) is 0 Å². The van der Waals surface area contributed by atoms with Crippen molar-refractivity contribution in [2.24, 2.45) is 5.92 Å². The Morgan fingerprint density at radius 3 is 2.61 bits per heavy atom. The van der Waals surface area contributed by atoms with Crippen molar-refractivity contribution in [1.82, 2.24) is 9.47 Å². The minimum Gasteiger partial charge on any atom is -0.480 e. The average Bonchev–Trinajstić information content (AvgIpc) is 2.80. The molecule has 1 fully saturated rings. The molecule has 0 unspecified atom stereocenters. The zero-order valence-electron chi connectivity index (χ0n) is 19.4. The number of hydrogen-bond donors (Lipinski definition) is 0. The van der Waals surface area contributed by atoms with E-state index in [0.29, 0.717) is 42.1 Å². The van der Waals surface area contributed by atoms with Gasteiger partial charge >= 0.3 is 5.63 Å². The number of nitrogens with zero attached hydrogens (tertiary/aromatic N) is 2. The van der Waals surface area contributed by atoms with Gasteiger partial charge < -0.3 is 18.6 Å². The number of rotatable bonds is 3. The molecule has 0 spiro atoms. The summed E-state index contributed by atoms with van der Waals surface area (Å²) in [6.07, 6.45) is 0.306. The van der Waals surface area contributed by atoms with E-state index in [1.165, 1.54) is 0 Å². The number of ether oxygens (including phenoxy) is 1. The van der Waals surface area contributed by atoms with Gasteiger partial charge in [0, 0.05) is 53.8 Å². The van der Waals surface area contributed by atoms with Gasteiger partial charge in [0.2, 0.25) is 0 Å². The fourth-order valence-corrected chi connectivity index (χ4v) is 5.33. The predicted octanol–water partition coefficient (Wildman–Crippen LogP) is 3.29. The fourth-order valence-electron chi connectivity index (χ4n) is 5.33. The van der Waals surface area contributed by atoms with Gasteiger partial charge in [0.25, 0.3) is 11.5 Å². The molecule has 1 aromatic carbocycles. The van der Waals surface area contributed by atoms with E-state index in [1.54, 1.807) is 26.0 Å². The molecular formula is C26H28N2O5. The zero-order valence-corrected chi connectivity index (χ0v) is 19.4. The summed E-state index contributed by atoms with van der Waals surface area (Å²) in [4.78, 5) is 39.6. The SMILES string of the molecule is Cc1c(C)c2ccc(O[C@H](C)C(=O)N3C[C@@H]4C[C@H](C3)c3cccc(=O)n3C4)c(C)c2oc1=O. The van der Waals surface area contributed by atoms with Crippen molar-refractivity contribution in [2.45, 2.75) is 52.7 Å². The van der Waals surface area contributed by atoms with Crippen molar-refractivity contribution < 1.29 is 13.9 Å². The third kappa shape index (κ3) is 3.56. The Morgan fingerprint density at radius 1 is 1.03 bits per heavy atom. The van der Waals surface area contributed by atoms with E-state index < -0.39 is 6.10 Å². The van der Waals surface area contributed by atoms with Gasteiger partial charge in [0.15, 0.2) is 6.10 Å². The third-order valence-corrected chi connectivity index (χ3v) is 7.27. The van der Waals surface area contributed by atoms with Gasteiger partial charge in [-0.1, -0.05) is 6.07 Å². The molecule has 1 amide bonds. The average molecular weight is 449 g/mol. The molecule has 5 rings (SSSR count). The maximum Gasteiger partial charge on any atom is 0.339 e. The summed E-state index contributed by atoms with van der Waals surface area (Å²) in [5.41, 5.74) is 3.37. The molecule has 1 saturated heterocycles. The summed E-state index contributed by atoms with van der Waals surface area (Å²) in [7, 11) is 0. The van der Waals surface area contributed by atoms with Crippen LogP contribution in [0.4, 0.5) is 0 Å². The first-order valence-corrected chi connectivity index (χ1v) is 11.4. The summed E-state index contributed by atoms with van der Waals surface area (Å²) in [5.74, 6) is 0.877. The Balaban J connectivity index is 1.37. The highest BCUT2D eigenvalue weighted by Gasteiger charge is 2.37. The van der Waals surface area contributed by atoms with E-state index in [1.807, 2.05) is 41.5 Å². The summed E-state index contributed by atoms with van der Waals surface area (Å²) in [5, 5.41) is 0.869. The number of amides is 1. The number of aromatic nitrogens is 1. The van der Waals surface area contributed by atoms with Crippen LogP contribution in [0.5, 0.6) is 5.75 Å². The lowest BCUT2D eigenvalue weighted by atomic mass is 9.83. The summed E-state index contributed by atoms with van der Waals surface area (Å²) >= 11 is 0. The maximum absolute atomic E-state index is 13.3. The standard InChI is InChI=1S/C26H28N2O5/c1-14-15(2)26(31)33-24-16(3)22(9-8-20(14)24)32-17(4)25(30)27-11-18-10-19(13-27)21-6-5-7-23(29)28(21)12-18/h5-9,17-19H,10-13H2,1-4H3/t17-,18+,19-/m1/s1. The molecule has 4 heterocycles. The van der Waals surface area contributed by atoms with Gasteiger partial charge in [-0.15, -0.1) is 0 Å². The number of pyridine rings is 1. The number of likely N-dealkylation sites (tertiary alicyclic amines) is 1. The molecule has 0 radical (unpaired) electrons. The minimum atomic E-state index is -0.684. The summed E-state index contributed by atoms with van der Waals surface area (Å²) in [6, 6.07) is 9.10. The first kappa shape index (κ1) is 21.5. The Hall–Kier alpha value is -3.35. The Bertz CT molecular complexity index is 1390. The zero-order chi connectivity index (χ0) is 23.4. The lowest BCUT2D eigenvalue weighted by molar-refractivity contribution is -0.140. The third-order valence-electron chi connectivity index (χ3n) is 7.27. The summed E-state index contributed by atoms with van der Waals surface area (Å²) in [6.45, 7) is 9.10. The molecule has 3 atom stereocenters. The molecule has 2 aromatic heterocycles. The lowest BCUT2D eigenvalue weighted by Crippen LogP contribution is -2.52. The van der Waals surface area contributed by atoms with Crippen LogP contribution in [-0.2, 0) is 11.3 Å². The van der Waals surface area contributed by atoms with Crippen LogP contribution < -0.4 is 15.9 Å². The number of fused-ring (bicyclic) bond motifs is 5. The molecular weight excluding hydrogens is 420 g/mol. The van der Waals surface area contributed by atoms with Gasteiger partial charge in [-0.3, -0.25) is 9.59 Å². The highest BCUT2D eigenvalue weighted by molar-refractivity contribution is 5.86. The van der Waals surface area contributed by atoms with E-state index in [4.69, 9.17) is 9.15 Å². The monoisotopic (exact) mass is 448 g/mol. The quantitative estimate of drug-likeness (QED) is 0.575. The van der Waals surface area contributed by atoms with E-state index in [-0.39, 0.29) is 28.9 Å². The van der Waals surface area contributed by atoms with Gasteiger partial charge in [-0.2, -0.15) is 0 Å². The van der Waals surface area contributed by atoms with Crippen LogP contribution in [0.2, 0.25) is 0 Å². The molecule has 7 heteroatoms. The van der Waals surface area contributed by atoms with Crippen LogP contribution in [0, 0.1) is 26.7 Å². The van der Waals surface area contributed by atoms with Crippen LogP contribution in [-0.4, -0.2) is 34.6 Å². The molecule has 2 aliphatic heterocycles. The molecule has 172 valence electrons. The van der Waals surface area contributed by atoms with Crippen molar-refractivity contribution in [3.05, 3.63) is 73.5 Å². The van der Waals surface area contributed by atoms with E-state index >= 15 is 0 Å². The second-order valence-electron chi connectivity index (χ2n) is 9.41. The molecule has 0 saturated carbocycles. The number of carbonyl (C=O) groups is 1. The highest BCUT2D eigenvalue weighted by atomic mass is 16.5. The van der Waals surface area contributed by atoms with Crippen LogP contribution in [0.1, 0.15) is 41.6 Å². The van der Waals surface area contributed by atoms with Crippen LogP contribution in [0.3, 0.4) is 0 Å². The van der Waals surface area contributed by atoms with Gasteiger partial charge in [0.1, 0.15) is 11.3 Å². The van der Waals surface area contributed by atoms with Gasteiger partial charge in [0.05, 0.1) is 0 Å².